The predicted molar refractivity (Wildman–Crippen MR) is 92.3 cm³/mol. The number of nitrogens with zero attached hydrogens (tertiary/aromatic N) is 1. The maximum absolute atomic E-state index is 12.5. The van der Waals surface area contributed by atoms with Crippen LogP contribution in [0.1, 0.15) is 28.3 Å². The van der Waals surface area contributed by atoms with Crippen molar-refractivity contribution in [2.24, 2.45) is 0 Å². The number of nitriles is 1. The zero-order valence-electron chi connectivity index (χ0n) is 13.5. The van der Waals surface area contributed by atoms with Crippen LogP contribution in [0.25, 0.3) is 0 Å². The first kappa shape index (κ1) is 16.5. The average molecular weight is 335 g/mol. The Kier molecular flexibility index (Phi) is 4.95. The summed E-state index contributed by atoms with van der Waals surface area (Å²) in [6.07, 6.45) is 0.323. The molecule has 2 aromatic carbocycles. The van der Waals surface area contributed by atoms with Gasteiger partial charge in [0, 0.05) is 24.6 Å². The number of carbonyl (C=O) groups is 2. The number of hydrogen-bond acceptors (Lipinski definition) is 4. The molecule has 0 aromatic heterocycles. The van der Waals surface area contributed by atoms with Crippen molar-refractivity contribution in [2.45, 2.75) is 12.3 Å². The molecule has 2 N–H and O–H groups in total. The molecule has 25 heavy (non-hydrogen) atoms. The lowest BCUT2D eigenvalue weighted by Gasteiger charge is -2.25. The molecule has 0 spiro atoms. The van der Waals surface area contributed by atoms with Crippen LogP contribution >= 0.6 is 0 Å². The fourth-order valence-electron chi connectivity index (χ4n) is 2.89. The zero-order valence-corrected chi connectivity index (χ0v) is 13.5. The number of fused-ring (bicyclic) bond motifs is 1. The second-order valence-electron chi connectivity index (χ2n) is 5.69. The van der Waals surface area contributed by atoms with Gasteiger partial charge in [0.15, 0.2) is 6.61 Å². The number of benzene rings is 2. The van der Waals surface area contributed by atoms with E-state index in [9.17, 15) is 9.59 Å². The molecule has 3 rings (SSSR count). The number of nitrogens with one attached hydrogen (secondary N) is 2. The van der Waals surface area contributed by atoms with E-state index in [0.717, 1.165) is 11.3 Å². The van der Waals surface area contributed by atoms with Gasteiger partial charge in [-0.2, -0.15) is 5.26 Å². The number of carbonyl (C=O) groups excluding carboxylic acids is 2. The van der Waals surface area contributed by atoms with Gasteiger partial charge in [-0.1, -0.05) is 30.3 Å². The molecule has 2 amide bonds. The van der Waals surface area contributed by atoms with Crippen LogP contribution in [0.5, 0.6) is 5.75 Å². The van der Waals surface area contributed by atoms with Crippen LogP contribution in [-0.4, -0.2) is 25.0 Å². The molecule has 126 valence electrons. The molecule has 2 aromatic rings. The van der Waals surface area contributed by atoms with Crippen LogP contribution in [-0.2, 0) is 4.79 Å². The van der Waals surface area contributed by atoms with E-state index in [2.05, 4.69) is 10.6 Å². The molecule has 1 unspecified atom stereocenters. The Hall–Kier alpha value is -3.33. The lowest BCUT2D eigenvalue weighted by Crippen LogP contribution is -2.33. The fourth-order valence-corrected chi connectivity index (χ4v) is 2.89. The Morgan fingerprint density at radius 3 is 2.84 bits per heavy atom. The molecular formula is C19H17N3O3. The van der Waals surface area contributed by atoms with E-state index in [4.69, 9.17) is 10.00 Å². The molecule has 6 heteroatoms. The van der Waals surface area contributed by atoms with Gasteiger partial charge in [-0.25, -0.2) is 0 Å². The minimum atomic E-state index is -0.294. The quantitative estimate of drug-likeness (QED) is 0.878. The second-order valence-corrected chi connectivity index (χ2v) is 5.69. The first-order chi connectivity index (χ1) is 12.2. The van der Waals surface area contributed by atoms with Crippen molar-refractivity contribution in [1.82, 2.24) is 5.32 Å². The van der Waals surface area contributed by atoms with Gasteiger partial charge < -0.3 is 15.4 Å². The second kappa shape index (κ2) is 7.49. The third kappa shape index (κ3) is 3.78. The number of ether oxygens (including phenoxy) is 1. The molecule has 0 bridgehead atoms. The van der Waals surface area contributed by atoms with Crippen LogP contribution < -0.4 is 15.4 Å². The minimum absolute atomic E-state index is 0.0595. The van der Waals surface area contributed by atoms with Crippen LogP contribution in [0.15, 0.2) is 48.5 Å². The van der Waals surface area contributed by atoms with E-state index in [-0.39, 0.29) is 24.3 Å². The van der Waals surface area contributed by atoms with Gasteiger partial charge in [0.2, 0.25) is 5.91 Å². The van der Waals surface area contributed by atoms with Crippen molar-refractivity contribution in [3.05, 3.63) is 59.7 Å². The van der Waals surface area contributed by atoms with Gasteiger partial charge in [0.25, 0.3) is 5.91 Å². The van der Waals surface area contributed by atoms with Crippen molar-refractivity contribution in [2.75, 3.05) is 18.5 Å². The Morgan fingerprint density at radius 1 is 1.24 bits per heavy atom. The minimum Gasteiger partial charge on any atom is -0.478 e. The van der Waals surface area contributed by atoms with Crippen LogP contribution in [0.2, 0.25) is 0 Å². The largest absolute Gasteiger partial charge is 0.478 e. The number of rotatable bonds is 5. The fraction of sp³-hybridized carbons (Fsp3) is 0.211. The monoisotopic (exact) mass is 335 g/mol. The Balaban J connectivity index is 1.71. The highest BCUT2D eigenvalue weighted by Crippen LogP contribution is 2.31. The van der Waals surface area contributed by atoms with Gasteiger partial charge in [-0.15, -0.1) is 0 Å². The molecule has 0 radical (unpaired) electrons. The number of hydrogen-bond donors (Lipinski definition) is 2. The van der Waals surface area contributed by atoms with Crippen molar-refractivity contribution in [1.29, 1.82) is 5.26 Å². The van der Waals surface area contributed by atoms with Gasteiger partial charge in [0.05, 0.1) is 5.56 Å². The molecular weight excluding hydrogens is 318 g/mol. The summed E-state index contributed by atoms with van der Waals surface area (Å²) in [5.74, 6) is -0.0721. The molecule has 6 nitrogen and oxygen atoms in total. The van der Waals surface area contributed by atoms with Crippen molar-refractivity contribution in [3.8, 4) is 11.8 Å². The molecule has 0 aliphatic carbocycles. The van der Waals surface area contributed by atoms with Gasteiger partial charge >= 0.3 is 0 Å². The van der Waals surface area contributed by atoms with Crippen molar-refractivity contribution < 1.29 is 14.3 Å². The van der Waals surface area contributed by atoms with Crippen molar-refractivity contribution in [3.63, 3.8) is 0 Å². The number of para-hydroxylation sites is 2. The molecule has 1 aliphatic rings. The normalized spacial score (nSPS) is 15.5. The van der Waals surface area contributed by atoms with E-state index in [0.29, 0.717) is 24.3 Å². The molecule has 1 aliphatic heterocycles. The molecule has 0 fully saturated rings. The molecule has 1 heterocycles. The summed E-state index contributed by atoms with van der Waals surface area (Å²) >= 11 is 0. The molecule has 0 saturated carbocycles. The highest BCUT2D eigenvalue weighted by atomic mass is 16.5. The van der Waals surface area contributed by atoms with Crippen LogP contribution in [0, 0.1) is 11.3 Å². The first-order valence-corrected chi connectivity index (χ1v) is 7.95. The van der Waals surface area contributed by atoms with Crippen LogP contribution in [0.3, 0.4) is 0 Å². The highest BCUT2D eigenvalue weighted by Gasteiger charge is 2.25. The summed E-state index contributed by atoms with van der Waals surface area (Å²) in [5, 5.41) is 14.3. The number of amides is 2. The summed E-state index contributed by atoms with van der Waals surface area (Å²) in [7, 11) is 0. The number of anilines is 1. The third-order valence-corrected chi connectivity index (χ3v) is 4.04. The van der Waals surface area contributed by atoms with Crippen molar-refractivity contribution >= 4 is 17.5 Å². The summed E-state index contributed by atoms with van der Waals surface area (Å²) in [5.41, 5.74) is 2.17. The standard InChI is InChI=1S/C19H17N3O3/c20-9-10-25-17-8-4-2-6-15(17)19(24)21-12-13-11-18(23)22-16-7-3-1-5-14(13)16/h1-8,13H,10-12H2,(H,21,24)(H,22,23). The SMILES string of the molecule is N#CCOc1ccccc1C(=O)NCC1CC(=O)Nc2ccccc21. The lowest BCUT2D eigenvalue weighted by molar-refractivity contribution is -0.116. The first-order valence-electron chi connectivity index (χ1n) is 7.95. The third-order valence-electron chi connectivity index (χ3n) is 4.04. The van der Waals surface area contributed by atoms with Gasteiger partial charge in [0.1, 0.15) is 11.8 Å². The zero-order chi connectivity index (χ0) is 17.6. The summed E-state index contributed by atoms with van der Waals surface area (Å²) in [6, 6.07) is 16.2. The van der Waals surface area contributed by atoms with E-state index in [1.807, 2.05) is 30.3 Å². The average Bonchev–Trinajstić information content (AvgIpc) is 2.64. The van der Waals surface area contributed by atoms with Gasteiger partial charge in [-0.05, 0) is 23.8 Å². The maximum atomic E-state index is 12.5. The lowest BCUT2D eigenvalue weighted by atomic mass is 9.90. The molecule has 0 saturated heterocycles. The Labute approximate surface area is 145 Å². The van der Waals surface area contributed by atoms with Crippen LogP contribution in [0.4, 0.5) is 5.69 Å². The molecule has 1 atom stereocenters. The smallest absolute Gasteiger partial charge is 0.255 e. The Morgan fingerprint density at radius 2 is 2.00 bits per heavy atom. The van der Waals surface area contributed by atoms with E-state index >= 15 is 0 Å². The van der Waals surface area contributed by atoms with E-state index in [1.165, 1.54) is 0 Å². The summed E-state index contributed by atoms with van der Waals surface area (Å²) in [4.78, 5) is 24.3. The predicted octanol–water partition coefficient (Wildman–Crippen LogP) is 2.44. The van der Waals surface area contributed by atoms with E-state index < -0.39 is 0 Å². The van der Waals surface area contributed by atoms with Gasteiger partial charge in [-0.3, -0.25) is 9.59 Å². The topological polar surface area (TPSA) is 91.2 Å². The summed E-state index contributed by atoms with van der Waals surface area (Å²) in [6.45, 7) is 0.219. The van der Waals surface area contributed by atoms with E-state index in [1.54, 1.807) is 24.3 Å². The Bertz CT molecular complexity index is 842. The highest BCUT2D eigenvalue weighted by molar-refractivity contribution is 5.97. The summed E-state index contributed by atoms with van der Waals surface area (Å²) < 4.78 is 5.29. The maximum Gasteiger partial charge on any atom is 0.255 e.